The Morgan fingerprint density at radius 2 is 1.96 bits per heavy atom. The van der Waals surface area contributed by atoms with E-state index in [1.54, 1.807) is 0 Å². The molecule has 1 aromatic heterocycles. The number of carbonyl (C=O) groups is 1. The van der Waals surface area contributed by atoms with E-state index in [4.69, 9.17) is 12.2 Å². The van der Waals surface area contributed by atoms with Gasteiger partial charge in [0.25, 0.3) is 0 Å². The molecule has 25 heavy (non-hydrogen) atoms. The molecule has 5 nitrogen and oxygen atoms in total. The summed E-state index contributed by atoms with van der Waals surface area (Å²) in [6, 6.07) is 10.6. The summed E-state index contributed by atoms with van der Waals surface area (Å²) < 4.78 is 2.37. The van der Waals surface area contributed by atoms with Crippen LogP contribution < -0.4 is 0 Å². The number of aromatic nitrogens is 3. The maximum atomic E-state index is 12.7. The molecule has 1 N–H and O–H groups in total. The molecule has 1 saturated heterocycles. The highest BCUT2D eigenvalue weighted by Gasteiger charge is 2.33. The van der Waals surface area contributed by atoms with Crippen molar-refractivity contribution in [3.63, 3.8) is 0 Å². The number of rotatable bonds is 5. The van der Waals surface area contributed by atoms with Crippen molar-refractivity contribution in [3.05, 3.63) is 46.5 Å². The zero-order valence-corrected chi connectivity index (χ0v) is 15.8. The van der Waals surface area contributed by atoms with Gasteiger partial charge >= 0.3 is 0 Å². The molecule has 6 heteroatoms. The van der Waals surface area contributed by atoms with Crippen molar-refractivity contribution in [2.75, 3.05) is 13.1 Å². The number of nitrogens with one attached hydrogen (secondary N) is 1. The number of likely N-dealkylation sites (tertiary alicyclic amines) is 1. The van der Waals surface area contributed by atoms with Crippen LogP contribution in [0.2, 0.25) is 0 Å². The minimum atomic E-state index is 0.130. The van der Waals surface area contributed by atoms with Gasteiger partial charge in [-0.2, -0.15) is 5.10 Å². The SMILES string of the molecule is CCCc1n[nH]c(=S)n1CC(=O)N1CCC(C)(c2ccccc2)CC1. The number of nitrogens with zero attached hydrogens (tertiary/aromatic N) is 3. The minimum absolute atomic E-state index is 0.130. The Balaban J connectivity index is 1.64. The molecule has 0 saturated carbocycles. The molecular weight excluding hydrogens is 332 g/mol. The van der Waals surface area contributed by atoms with Crippen LogP contribution in [0.25, 0.3) is 0 Å². The lowest BCUT2D eigenvalue weighted by atomic mass is 9.74. The van der Waals surface area contributed by atoms with Crippen LogP contribution in [0.4, 0.5) is 0 Å². The zero-order chi connectivity index (χ0) is 17.9. The first-order valence-corrected chi connectivity index (χ1v) is 9.42. The molecule has 3 rings (SSSR count). The van der Waals surface area contributed by atoms with E-state index in [2.05, 4.69) is 48.3 Å². The largest absolute Gasteiger partial charge is 0.341 e. The standard InChI is InChI=1S/C19H26N4OS/c1-3-7-16-20-21-18(25)23(16)14-17(24)22-12-10-19(2,11-13-22)15-8-5-4-6-9-15/h4-6,8-9H,3,7,10-14H2,1-2H3,(H,21,25). The molecule has 2 heterocycles. The van der Waals surface area contributed by atoms with Gasteiger partial charge in [-0.05, 0) is 42.5 Å². The van der Waals surface area contributed by atoms with Crippen molar-refractivity contribution in [2.24, 2.45) is 0 Å². The Morgan fingerprint density at radius 1 is 1.28 bits per heavy atom. The van der Waals surface area contributed by atoms with E-state index in [9.17, 15) is 4.79 Å². The molecule has 0 aliphatic carbocycles. The number of aromatic amines is 1. The molecule has 0 radical (unpaired) electrons. The summed E-state index contributed by atoms with van der Waals surface area (Å²) in [6.45, 7) is 6.26. The molecular formula is C19H26N4OS. The fourth-order valence-corrected chi connectivity index (χ4v) is 3.76. The van der Waals surface area contributed by atoms with E-state index < -0.39 is 0 Å². The second kappa shape index (κ2) is 7.52. The summed E-state index contributed by atoms with van der Waals surface area (Å²) in [7, 11) is 0. The van der Waals surface area contributed by atoms with E-state index in [-0.39, 0.29) is 17.9 Å². The number of piperidine rings is 1. The van der Waals surface area contributed by atoms with Crippen molar-refractivity contribution in [1.82, 2.24) is 19.7 Å². The van der Waals surface area contributed by atoms with Gasteiger partial charge in [0.2, 0.25) is 5.91 Å². The average Bonchev–Trinajstić information content (AvgIpc) is 2.97. The van der Waals surface area contributed by atoms with Crippen LogP contribution in [-0.4, -0.2) is 38.7 Å². The summed E-state index contributed by atoms with van der Waals surface area (Å²) in [5, 5.41) is 7.05. The molecule has 1 aliphatic heterocycles. The van der Waals surface area contributed by atoms with Crippen molar-refractivity contribution >= 4 is 18.1 Å². The van der Waals surface area contributed by atoms with Gasteiger partial charge in [0.1, 0.15) is 12.4 Å². The fraction of sp³-hybridized carbons (Fsp3) is 0.526. The smallest absolute Gasteiger partial charge is 0.242 e. The first kappa shape index (κ1) is 17.9. The van der Waals surface area contributed by atoms with Crippen LogP contribution in [-0.2, 0) is 23.2 Å². The highest BCUT2D eigenvalue weighted by atomic mass is 32.1. The predicted octanol–water partition coefficient (Wildman–Crippen LogP) is 3.47. The van der Waals surface area contributed by atoms with Crippen LogP contribution in [0.15, 0.2) is 30.3 Å². The highest BCUT2D eigenvalue weighted by molar-refractivity contribution is 7.71. The molecule has 1 aromatic carbocycles. The second-order valence-electron chi connectivity index (χ2n) is 7.09. The number of hydrogen-bond acceptors (Lipinski definition) is 3. The van der Waals surface area contributed by atoms with E-state index >= 15 is 0 Å². The molecule has 0 bridgehead atoms. The van der Waals surface area contributed by atoms with Crippen molar-refractivity contribution < 1.29 is 4.79 Å². The van der Waals surface area contributed by atoms with Gasteiger partial charge in [-0.1, -0.05) is 44.2 Å². The van der Waals surface area contributed by atoms with Crippen LogP contribution in [0.3, 0.4) is 0 Å². The quantitative estimate of drug-likeness (QED) is 0.833. The first-order valence-electron chi connectivity index (χ1n) is 9.01. The lowest BCUT2D eigenvalue weighted by Crippen LogP contribution is -2.45. The second-order valence-corrected chi connectivity index (χ2v) is 7.48. The number of carbonyl (C=O) groups excluding carboxylic acids is 1. The highest BCUT2D eigenvalue weighted by Crippen LogP contribution is 2.34. The maximum absolute atomic E-state index is 12.7. The van der Waals surface area contributed by atoms with Gasteiger partial charge in [0, 0.05) is 19.5 Å². The van der Waals surface area contributed by atoms with Crippen LogP contribution >= 0.6 is 12.2 Å². The van der Waals surface area contributed by atoms with E-state index in [0.717, 1.165) is 44.6 Å². The van der Waals surface area contributed by atoms with Gasteiger partial charge in [-0.25, -0.2) is 0 Å². The third-order valence-corrected chi connectivity index (χ3v) is 5.61. The van der Waals surface area contributed by atoms with Crippen LogP contribution in [0.1, 0.15) is 44.5 Å². The van der Waals surface area contributed by atoms with E-state index in [1.165, 1.54) is 5.56 Å². The monoisotopic (exact) mass is 358 g/mol. The Morgan fingerprint density at radius 3 is 2.60 bits per heavy atom. The average molecular weight is 359 g/mol. The lowest BCUT2D eigenvalue weighted by Gasteiger charge is -2.40. The predicted molar refractivity (Wildman–Crippen MR) is 101 cm³/mol. The summed E-state index contributed by atoms with van der Waals surface area (Å²) >= 11 is 5.28. The summed E-state index contributed by atoms with van der Waals surface area (Å²) in [5.41, 5.74) is 1.52. The van der Waals surface area contributed by atoms with Gasteiger partial charge in [0.15, 0.2) is 4.77 Å². The molecule has 1 amide bonds. The fourth-order valence-electron chi connectivity index (χ4n) is 3.54. The van der Waals surface area contributed by atoms with Crippen LogP contribution in [0, 0.1) is 4.77 Å². The zero-order valence-electron chi connectivity index (χ0n) is 15.0. The Kier molecular flexibility index (Phi) is 5.37. The Labute approximate surface area is 154 Å². The van der Waals surface area contributed by atoms with Gasteiger partial charge < -0.3 is 4.90 Å². The summed E-state index contributed by atoms with van der Waals surface area (Å²) in [4.78, 5) is 14.7. The molecule has 134 valence electrons. The molecule has 1 fully saturated rings. The summed E-state index contributed by atoms with van der Waals surface area (Å²) in [6.07, 6.45) is 3.78. The number of benzene rings is 1. The third-order valence-electron chi connectivity index (χ3n) is 5.29. The normalized spacial score (nSPS) is 16.8. The molecule has 1 aliphatic rings. The number of aryl methyl sites for hydroxylation is 1. The number of H-pyrrole nitrogens is 1. The van der Waals surface area contributed by atoms with Crippen molar-refractivity contribution in [2.45, 2.75) is 51.5 Å². The topological polar surface area (TPSA) is 53.9 Å². The number of amides is 1. The summed E-state index contributed by atoms with van der Waals surface area (Å²) in [5.74, 6) is 0.997. The van der Waals surface area contributed by atoms with Gasteiger partial charge in [-0.3, -0.25) is 14.5 Å². The Hall–Kier alpha value is -1.95. The van der Waals surface area contributed by atoms with E-state index in [0.29, 0.717) is 4.77 Å². The first-order chi connectivity index (χ1) is 12.0. The van der Waals surface area contributed by atoms with E-state index in [1.807, 2.05) is 15.5 Å². The maximum Gasteiger partial charge on any atom is 0.242 e. The molecule has 2 aromatic rings. The molecule has 0 atom stereocenters. The molecule has 0 spiro atoms. The lowest BCUT2D eigenvalue weighted by molar-refractivity contribution is -0.133. The number of hydrogen-bond donors (Lipinski definition) is 1. The van der Waals surface area contributed by atoms with Gasteiger partial charge in [0.05, 0.1) is 0 Å². The third kappa shape index (κ3) is 3.84. The van der Waals surface area contributed by atoms with Crippen molar-refractivity contribution in [1.29, 1.82) is 0 Å². The van der Waals surface area contributed by atoms with Crippen LogP contribution in [0.5, 0.6) is 0 Å². The van der Waals surface area contributed by atoms with Gasteiger partial charge in [-0.15, -0.1) is 0 Å². The van der Waals surface area contributed by atoms with Crippen molar-refractivity contribution in [3.8, 4) is 0 Å². The minimum Gasteiger partial charge on any atom is -0.341 e. The Bertz CT molecular complexity index is 772. The molecule has 0 unspecified atom stereocenters.